The van der Waals surface area contributed by atoms with E-state index in [1.165, 1.54) is 5.56 Å². The average molecular weight is 371 g/mol. The molecule has 0 radical (unpaired) electrons. The summed E-state index contributed by atoms with van der Waals surface area (Å²) >= 11 is 0. The normalized spacial score (nSPS) is 10.9. The summed E-state index contributed by atoms with van der Waals surface area (Å²) in [4.78, 5) is 14.3. The molecule has 1 amide bonds. The number of benzene rings is 3. The molecule has 28 heavy (non-hydrogen) atoms. The van der Waals surface area contributed by atoms with Gasteiger partial charge >= 0.3 is 0 Å². The summed E-state index contributed by atoms with van der Waals surface area (Å²) in [5.41, 5.74) is 2.92. The van der Waals surface area contributed by atoms with Gasteiger partial charge in [-0.05, 0) is 42.0 Å². The minimum atomic E-state index is 0.00497. The molecular weight excluding hydrogens is 350 g/mol. The highest BCUT2D eigenvalue weighted by atomic mass is 16.4. The Morgan fingerprint density at radius 1 is 0.964 bits per heavy atom. The van der Waals surface area contributed by atoms with Crippen molar-refractivity contribution in [3.8, 4) is 11.5 Å². The maximum absolute atomic E-state index is 12.6. The molecule has 0 bridgehead atoms. The van der Waals surface area contributed by atoms with Crippen molar-refractivity contribution in [2.45, 2.75) is 19.8 Å². The molecule has 0 N–H and O–H groups in total. The number of carbonyl (C=O) groups is 1. The van der Waals surface area contributed by atoms with Gasteiger partial charge in [-0.2, -0.15) is 0 Å². The summed E-state index contributed by atoms with van der Waals surface area (Å²) in [6.45, 7) is 2.03. The molecular formula is C23H21N3O2. The largest absolute Gasteiger partial charge is 0.421 e. The molecule has 4 rings (SSSR count). The third-order valence-corrected chi connectivity index (χ3v) is 4.81. The number of aryl methyl sites for hydroxylation is 2. The number of fused-ring (bicyclic) bond motifs is 1. The zero-order valence-electron chi connectivity index (χ0n) is 15.9. The SMILES string of the molecule is Cc1ccc(-c2nnc(CCC(=O)N(C)c3ccc4ccccc4c3)o2)cc1. The molecule has 0 saturated heterocycles. The second-order valence-electron chi connectivity index (χ2n) is 6.85. The lowest BCUT2D eigenvalue weighted by atomic mass is 10.1. The van der Waals surface area contributed by atoms with Crippen molar-refractivity contribution in [2.24, 2.45) is 0 Å². The standard InChI is InChI=1S/C23H21N3O2/c1-16-7-9-18(10-8-16)23-25-24-21(28-23)13-14-22(27)26(2)20-12-11-17-5-3-4-6-19(17)15-20/h3-12,15H,13-14H2,1-2H3. The molecule has 140 valence electrons. The molecule has 0 saturated carbocycles. The van der Waals surface area contributed by atoms with Gasteiger partial charge in [-0.25, -0.2) is 0 Å². The summed E-state index contributed by atoms with van der Waals surface area (Å²) in [6, 6.07) is 22.0. The predicted molar refractivity (Wildman–Crippen MR) is 110 cm³/mol. The molecule has 5 nitrogen and oxygen atoms in total. The first-order chi connectivity index (χ1) is 13.6. The van der Waals surface area contributed by atoms with E-state index in [4.69, 9.17) is 4.42 Å². The van der Waals surface area contributed by atoms with Gasteiger partial charge in [-0.1, -0.05) is 48.0 Å². The zero-order valence-corrected chi connectivity index (χ0v) is 15.9. The molecule has 0 unspecified atom stereocenters. The van der Waals surface area contributed by atoms with E-state index in [0.717, 1.165) is 22.0 Å². The van der Waals surface area contributed by atoms with Crippen LogP contribution in [0.3, 0.4) is 0 Å². The van der Waals surface area contributed by atoms with Gasteiger partial charge in [0, 0.05) is 31.1 Å². The highest BCUT2D eigenvalue weighted by molar-refractivity contribution is 5.96. The quantitative estimate of drug-likeness (QED) is 0.506. The van der Waals surface area contributed by atoms with E-state index in [9.17, 15) is 4.79 Å². The Kier molecular flexibility index (Phi) is 4.89. The third-order valence-electron chi connectivity index (χ3n) is 4.81. The number of aromatic nitrogens is 2. The van der Waals surface area contributed by atoms with E-state index >= 15 is 0 Å². The van der Waals surface area contributed by atoms with Crippen LogP contribution >= 0.6 is 0 Å². The molecule has 0 aliphatic heterocycles. The number of hydrogen-bond donors (Lipinski definition) is 0. The smallest absolute Gasteiger partial charge is 0.247 e. The van der Waals surface area contributed by atoms with Crippen LogP contribution in [0.1, 0.15) is 17.9 Å². The lowest BCUT2D eigenvalue weighted by Gasteiger charge is -2.17. The van der Waals surface area contributed by atoms with Crippen molar-refractivity contribution in [1.29, 1.82) is 0 Å². The Morgan fingerprint density at radius 3 is 2.50 bits per heavy atom. The molecule has 1 aromatic heterocycles. The van der Waals surface area contributed by atoms with Crippen LogP contribution in [0.2, 0.25) is 0 Å². The number of nitrogens with zero attached hydrogens (tertiary/aromatic N) is 3. The first-order valence-electron chi connectivity index (χ1n) is 9.25. The summed E-state index contributed by atoms with van der Waals surface area (Å²) in [5, 5.41) is 10.4. The predicted octanol–water partition coefficient (Wildman–Crippen LogP) is 4.79. The topological polar surface area (TPSA) is 59.2 Å². The van der Waals surface area contributed by atoms with E-state index in [-0.39, 0.29) is 5.91 Å². The minimum Gasteiger partial charge on any atom is -0.421 e. The number of hydrogen-bond acceptors (Lipinski definition) is 4. The van der Waals surface area contributed by atoms with E-state index in [1.54, 1.807) is 11.9 Å². The van der Waals surface area contributed by atoms with E-state index in [2.05, 4.69) is 16.3 Å². The second kappa shape index (κ2) is 7.64. The van der Waals surface area contributed by atoms with Gasteiger partial charge in [0.1, 0.15) is 0 Å². The van der Waals surface area contributed by atoms with Crippen LogP contribution in [0, 0.1) is 6.92 Å². The van der Waals surface area contributed by atoms with Gasteiger partial charge in [0.2, 0.25) is 17.7 Å². The van der Waals surface area contributed by atoms with Crippen molar-refractivity contribution in [2.75, 3.05) is 11.9 Å². The van der Waals surface area contributed by atoms with Crippen LogP contribution in [0.5, 0.6) is 0 Å². The van der Waals surface area contributed by atoms with Crippen LogP contribution in [0.25, 0.3) is 22.2 Å². The molecule has 0 atom stereocenters. The van der Waals surface area contributed by atoms with Crippen molar-refractivity contribution in [1.82, 2.24) is 10.2 Å². The first-order valence-corrected chi connectivity index (χ1v) is 9.25. The van der Waals surface area contributed by atoms with Gasteiger partial charge < -0.3 is 9.32 Å². The van der Waals surface area contributed by atoms with Gasteiger partial charge in [0.15, 0.2) is 0 Å². The first kappa shape index (κ1) is 17.9. The molecule has 0 aliphatic carbocycles. The van der Waals surface area contributed by atoms with Crippen molar-refractivity contribution < 1.29 is 9.21 Å². The Bertz CT molecular complexity index is 1120. The highest BCUT2D eigenvalue weighted by Crippen LogP contribution is 2.22. The fourth-order valence-electron chi connectivity index (χ4n) is 3.08. The Labute approximate surface area is 163 Å². The summed E-state index contributed by atoms with van der Waals surface area (Å²) in [6.07, 6.45) is 0.717. The molecule has 0 aliphatic rings. The maximum atomic E-state index is 12.6. The fraction of sp³-hybridized carbons (Fsp3) is 0.174. The molecule has 4 aromatic rings. The zero-order chi connectivity index (χ0) is 19.5. The van der Waals surface area contributed by atoms with Crippen molar-refractivity contribution >= 4 is 22.4 Å². The highest BCUT2D eigenvalue weighted by Gasteiger charge is 2.14. The molecule has 5 heteroatoms. The third kappa shape index (κ3) is 3.78. The monoisotopic (exact) mass is 371 g/mol. The van der Waals surface area contributed by atoms with Crippen LogP contribution in [-0.2, 0) is 11.2 Å². The van der Waals surface area contributed by atoms with Gasteiger partial charge in [-0.15, -0.1) is 10.2 Å². The summed E-state index contributed by atoms with van der Waals surface area (Å²) in [5.74, 6) is 0.950. The molecule has 0 spiro atoms. The lowest BCUT2D eigenvalue weighted by molar-refractivity contribution is -0.118. The maximum Gasteiger partial charge on any atom is 0.247 e. The summed E-state index contributed by atoms with van der Waals surface area (Å²) in [7, 11) is 1.79. The van der Waals surface area contributed by atoms with Crippen LogP contribution in [-0.4, -0.2) is 23.2 Å². The number of rotatable bonds is 5. The number of amides is 1. The van der Waals surface area contributed by atoms with Gasteiger partial charge in [0.05, 0.1) is 0 Å². The molecule has 0 fully saturated rings. The Morgan fingerprint density at radius 2 is 1.71 bits per heavy atom. The van der Waals surface area contributed by atoms with Crippen LogP contribution in [0.4, 0.5) is 5.69 Å². The fourth-order valence-corrected chi connectivity index (χ4v) is 3.08. The van der Waals surface area contributed by atoms with Gasteiger partial charge in [-0.3, -0.25) is 4.79 Å². The second-order valence-corrected chi connectivity index (χ2v) is 6.85. The number of carbonyl (C=O) groups excluding carboxylic acids is 1. The van der Waals surface area contributed by atoms with Crippen LogP contribution < -0.4 is 4.90 Å². The van der Waals surface area contributed by atoms with E-state index < -0.39 is 0 Å². The Hall–Kier alpha value is -3.47. The molecule has 3 aromatic carbocycles. The minimum absolute atomic E-state index is 0.00497. The van der Waals surface area contributed by atoms with E-state index in [0.29, 0.717) is 24.6 Å². The lowest BCUT2D eigenvalue weighted by Crippen LogP contribution is -2.26. The van der Waals surface area contributed by atoms with Crippen LogP contribution in [0.15, 0.2) is 71.1 Å². The Balaban J connectivity index is 1.41. The number of anilines is 1. The summed E-state index contributed by atoms with van der Waals surface area (Å²) < 4.78 is 5.71. The van der Waals surface area contributed by atoms with Crippen molar-refractivity contribution in [3.05, 3.63) is 78.2 Å². The van der Waals surface area contributed by atoms with E-state index in [1.807, 2.05) is 67.6 Å². The van der Waals surface area contributed by atoms with Gasteiger partial charge in [0.25, 0.3) is 0 Å². The molecule has 1 heterocycles. The average Bonchev–Trinajstić information content (AvgIpc) is 3.20. The van der Waals surface area contributed by atoms with Crippen molar-refractivity contribution in [3.63, 3.8) is 0 Å².